The molecule has 1 saturated carbocycles. The molecule has 0 aromatic rings. The highest BCUT2D eigenvalue weighted by Crippen LogP contribution is 2.26. The molecule has 1 rings (SSSR count). The minimum absolute atomic E-state index is 0.248. The van der Waals surface area contributed by atoms with E-state index in [0.717, 1.165) is 19.3 Å². The van der Waals surface area contributed by atoms with Crippen LogP contribution >= 0.6 is 0 Å². The number of carboxylic acids is 1. The molecule has 0 bridgehead atoms. The first-order chi connectivity index (χ1) is 5.70. The second kappa shape index (κ2) is 4.45. The van der Waals surface area contributed by atoms with Crippen LogP contribution in [0.3, 0.4) is 0 Å². The molecule has 0 aromatic carbocycles. The van der Waals surface area contributed by atoms with Crippen LogP contribution in [0.4, 0.5) is 0 Å². The van der Waals surface area contributed by atoms with Crippen molar-refractivity contribution < 1.29 is 9.90 Å². The molecule has 1 aliphatic rings. The number of hydrogen-bond donors (Lipinski definition) is 2. The summed E-state index contributed by atoms with van der Waals surface area (Å²) in [6.45, 7) is 0. The van der Waals surface area contributed by atoms with E-state index in [0.29, 0.717) is 5.92 Å². The van der Waals surface area contributed by atoms with Gasteiger partial charge in [-0.2, -0.15) is 0 Å². The Bertz CT molecular complexity index is 159. The largest absolute Gasteiger partial charge is 0.481 e. The minimum atomic E-state index is -0.701. The quantitative estimate of drug-likeness (QED) is 0.674. The van der Waals surface area contributed by atoms with Crippen LogP contribution in [0.15, 0.2) is 0 Å². The van der Waals surface area contributed by atoms with E-state index in [1.165, 1.54) is 12.8 Å². The van der Waals surface area contributed by atoms with Gasteiger partial charge in [-0.05, 0) is 25.2 Å². The molecule has 70 valence electrons. The monoisotopic (exact) mass is 171 g/mol. The molecule has 0 saturated heterocycles. The average Bonchev–Trinajstić information content (AvgIpc) is 2.03. The van der Waals surface area contributed by atoms with Crippen molar-refractivity contribution in [1.82, 2.24) is 0 Å². The van der Waals surface area contributed by atoms with Crippen LogP contribution in [0, 0.1) is 5.92 Å². The molecular formula is C9H17NO2. The third kappa shape index (κ3) is 2.81. The highest BCUT2D eigenvalue weighted by Gasteiger charge is 2.21. The molecule has 0 unspecified atom stereocenters. The molecule has 3 heteroatoms. The van der Waals surface area contributed by atoms with Crippen LogP contribution in [0.25, 0.3) is 0 Å². The summed E-state index contributed by atoms with van der Waals surface area (Å²) in [5.41, 5.74) is 5.87. The van der Waals surface area contributed by atoms with Crippen LogP contribution in [-0.2, 0) is 4.79 Å². The standard InChI is InChI=1S/C9H17NO2/c10-8-4-2-1-3-7(8)5-6-9(11)12/h7-8H,1-6,10H2,(H,11,12)/t7-,8-/m1/s1. The van der Waals surface area contributed by atoms with E-state index in [1.807, 2.05) is 0 Å². The number of carboxylic acid groups (broad SMARTS) is 1. The van der Waals surface area contributed by atoms with Gasteiger partial charge in [-0.1, -0.05) is 12.8 Å². The topological polar surface area (TPSA) is 63.3 Å². The van der Waals surface area contributed by atoms with Gasteiger partial charge in [-0.15, -0.1) is 0 Å². The maximum Gasteiger partial charge on any atom is 0.303 e. The average molecular weight is 171 g/mol. The smallest absolute Gasteiger partial charge is 0.303 e. The molecular weight excluding hydrogens is 154 g/mol. The lowest BCUT2D eigenvalue weighted by Crippen LogP contribution is -2.33. The van der Waals surface area contributed by atoms with Gasteiger partial charge in [-0.25, -0.2) is 0 Å². The molecule has 0 radical (unpaired) electrons. The Hall–Kier alpha value is -0.570. The first kappa shape index (κ1) is 9.52. The summed E-state index contributed by atoms with van der Waals surface area (Å²) < 4.78 is 0. The summed E-state index contributed by atoms with van der Waals surface area (Å²) in [5.74, 6) is -0.248. The van der Waals surface area contributed by atoms with Gasteiger partial charge in [0.25, 0.3) is 0 Å². The van der Waals surface area contributed by atoms with Gasteiger partial charge in [0.15, 0.2) is 0 Å². The summed E-state index contributed by atoms with van der Waals surface area (Å²) in [4.78, 5) is 10.3. The third-order valence-corrected chi connectivity index (χ3v) is 2.70. The zero-order valence-corrected chi connectivity index (χ0v) is 7.33. The van der Waals surface area contributed by atoms with Crippen molar-refractivity contribution in [3.8, 4) is 0 Å². The van der Waals surface area contributed by atoms with E-state index in [4.69, 9.17) is 10.8 Å². The molecule has 0 spiro atoms. The number of rotatable bonds is 3. The normalized spacial score (nSPS) is 30.1. The van der Waals surface area contributed by atoms with E-state index in [1.54, 1.807) is 0 Å². The van der Waals surface area contributed by atoms with Crippen molar-refractivity contribution in [3.63, 3.8) is 0 Å². The summed E-state index contributed by atoms with van der Waals surface area (Å²) in [6, 6.07) is 0.248. The van der Waals surface area contributed by atoms with Crippen LogP contribution < -0.4 is 5.73 Å². The van der Waals surface area contributed by atoms with Gasteiger partial charge in [0, 0.05) is 12.5 Å². The number of nitrogens with two attached hydrogens (primary N) is 1. The van der Waals surface area contributed by atoms with E-state index >= 15 is 0 Å². The van der Waals surface area contributed by atoms with E-state index in [-0.39, 0.29) is 12.5 Å². The van der Waals surface area contributed by atoms with E-state index < -0.39 is 5.97 Å². The highest BCUT2D eigenvalue weighted by molar-refractivity contribution is 5.66. The summed E-state index contributed by atoms with van der Waals surface area (Å²) in [7, 11) is 0. The number of hydrogen-bond acceptors (Lipinski definition) is 2. The van der Waals surface area contributed by atoms with Crippen LogP contribution in [0.2, 0.25) is 0 Å². The second-order valence-corrected chi connectivity index (χ2v) is 3.64. The Morgan fingerprint density at radius 1 is 1.42 bits per heavy atom. The van der Waals surface area contributed by atoms with E-state index in [2.05, 4.69) is 0 Å². The summed E-state index contributed by atoms with van der Waals surface area (Å²) in [5, 5.41) is 8.49. The fraction of sp³-hybridized carbons (Fsp3) is 0.889. The summed E-state index contributed by atoms with van der Waals surface area (Å²) in [6.07, 6.45) is 5.66. The Kier molecular flexibility index (Phi) is 3.53. The van der Waals surface area contributed by atoms with Crippen molar-refractivity contribution in [2.45, 2.75) is 44.6 Å². The van der Waals surface area contributed by atoms with Crippen LogP contribution in [0.1, 0.15) is 38.5 Å². The molecule has 1 aliphatic carbocycles. The first-order valence-corrected chi connectivity index (χ1v) is 4.67. The van der Waals surface area contributed by atoms with Crippen molar-refractivity contribution in [3.05, 3.63) is 0 Å². The molecule has 0 aliphatic heterocycles. The number of carbonyl (C=O) groups is 1. The molecule has 0 amide bonds. The maximum atomic E-state index is 10.3. The van der Waals surface area contributed by atoms with Crippen molar-refractivity contribution in [2.75, 3.05) is 0 Å². The number of aliphatic carboxylic acids is 1. The Morgan fingerprint density at radius 2 is 2.08 bits per heavy atom. The molecule has 2 atom stereocenters. The van der Waals surface area contributed by atoms with Crippen molar-refractivity contribution >= 4 is 5.97 Å². The molecule has 12 heavy (non-hydrogen) atoms. The van der Waals surface area contributed by atoms with Gasteiger partial charge < -0.3 is 10.8 Å². The Labute approximate surface area is 72.9 Å². The van der Waals surface area contributed by atoms with Crippen LogP contribution in [-0.4, -0.2) is 17.1 Å². The SMILES string of the molecule is N[C@@H]1CCCC[C@@H]1CCC(=O)O. The lowest BCUT2D eigenvalue weighted by molar-refractivity contribution is -0.137. The molecule has 3 N–H and O–H groups in total. The van der Waals surface area contributed by atoms with Gasteiger partial charge in [-0.3, -0.25) is 4.79 Å². The van der Waals surface area contributed by atoms with E-state index in [9.17, 15) is 4.79 Å². The zero-order valence-electron chi connectivity index (χ0n) is 7.33. The van der Waals surface area contributed by atoms with Gasteiger partial charge >= 0.3 is 5.97 Å². The fourth-order valence-electron chi connectivity index (χ4n) is 1.90. The third-order valence-electron chi connectivity index (χ3n) is 2.70. The van der Waals surface area contributed by atoms with Gasteiger partial charge in [0.05, 0.1) is 0 Å². The molecule has 0 aromatic heterocycles. The Balaban J connectivity index is 2.24. The maximum absolute atomic E-state index is 10.3. The molecule has 0 heterocycles. The van der Waals surface area contributed by atoms with Crippen LogP contribution in [0.5, 0.6) is 0 Å². The predicted octanol–water partition coefficient (Wildman–Crippen LogP) is 1.37. The van der Waals surface area contributed by atoms with Gasteiger partial charge in [0.1, 0.15) is 0 Å². The lowest BCUT2D eigenvalue weighted by atomic mass is 9.82. The predicted molar refractivity (Wildman–Crippen MR) is 46.8 cm³/mol. The lowest BCUT2D eigenvalue weighted by Gasteiger charge is -2.27. The van der Waals surface area contributed by atoms with Crippen molar-refractivity contribution in [1.29, 1.82) is 0 Å². The first-order valence-electron chi connectivity index (χ1n) is 4.67. The highest BCUT2D eigenvalue weighted by atomic mass is 16.4. The minimum Gasteiger partial charge on any atom is -0.481 e. The van der Waals surface area contributed by atoms with Crippen molar-refractivity contribution in [2.24, 2.45) is 11.7 Å². The zero-order chi connectivity index (χ0) is 8.97. The summed E-state index contributed by atoms with van der Waals surface area (Å²) >= 11 is 0. The fourth-order valence-corrected chi connectivity index (χ4v) is 1.90. The Morgan fingerprint density at radius 3 is 2.67 bits per heavy atom. The second-order valence-electron chi connectivity index (χ2n) is 3.64. The molecule has 1 fully saturated rings. The van der Waals surface area contributed by atoms with Gasteiger partial charge in [0.2, 0.25) is 0 Å². The molecule has 3 nitrogen and oxygen atoms in total.